The fourth-order valence-electron chi connectivity index (χ4n) is 5.87. The van der Waals surface area contributed by atoms with Crippen molar-refractivity contribution < 1.29 is 20.4 Å². The Morgan fingerprint density at radius 2 is 0.859 bits per heavy atom. The molecular formula is C54H70N2O4Si4. The fourth-order valence-corrected chi connectivity index (χ4v) is 7.75. The molecule has 0 amide bonds. The van der Waals surface area contributed by atoms with Crippen LogP contribution < -0.4 is 0 Å². The molecule has 4 rings (SSSR count). The van der Waals surface area contributed by atoms with Gasteiger partial charge in [0.1, 0.15) is 45.5 Å². The molecule has 3 aromatic rings. The minimum atomic E-state index is -1.61. The van der Waals surface area contributed by atoms with Gasteiger partial charge in [-0.3, -0.25) is 9.80 Å². The lowest BCUT2D eigenvalue weighted by molar-refractivity contribution is 0.259. The minimum absolute atomic E-state index is 0.140. The third-order valence-electron chi connectivity index (χ3n) is 8.70. The van der Waals surface area contributed by atoms with Crippen molar-refractivity contribution in [3.05, 3.63) is 105 Å². The molecule has 0 atom stereocenters. The Morgan fingerprint density at radius 1 is 0.484 bits per heavy atom. The second kappa shape index (κ2) is 27.5. The summed E-state index contributed by atoms with van der Waals surface area (Å²) >= 11 is 0. The highest BCUT2D eigenvalue weighted by molar-refractivity contribution is 6.85. The Balaban J connectivity index is 0.000000397. The van der Waals surface area contributed by atoms with Crippen molar-refractivity contribution in [2.24, 2.45) is 0 Å². The summed E-state index contributed by atoms with van der Waals surface area (Å²) in [5.74, 6) is 29.7. The molecule has 0 saturated carbocycles. The zero-order valence-corrected chi connectivity index (χ0v) is 44.5. The van der Waals surface area contributed by atoms with E-state index in [0.29, 0.717) is 13.1 Å². The van der Waals surface area contributed by atoms with Crippen LogP contribution >= 0.6 is 0 Å². The number of aliphatic hydroxyl groups is 4. The minimum Gasteiger partial charge on any atom is -0.392 e. The predicted molar refractivity (Wildman–Crippen MR) is 280 cm³/mol. The van der Waals surface area contributed by atoms with Crippen molar-refractivity contribution in [3.63, 3.8) is 0 Å². The van der Waals surface area contributed by atoms with Crippen LogP contribution in [0.25, 0.3) is 0 Å². The van der Waals surface area contributed by atoms with Gasteiger partial charge in [0, 0.05) is 48.4 Å². The van der Waals surface area contributed by atoms with Gasteiger partial charge < -0.3 is 20.4 Å². The molecule has 0 aliphatic carbocycles. The number of aliphatic hydroxyl groups excluding tert-OH is 4. The molecule has 1 aliphatic heterocycles. The fraction of sp³-hybridized carbons (Fsp3) is 0.407. The van der Waals surface area contributed by atoms with E-state index >= 15 is 0 Å². The summed E-state index contributed by atoms with van der Waals surface area (Å²) in [4.78, 5) is 4.63. The molecule has 0 spiro atoms. The van der Waals surface area contributed by atoms with Crippen molar-refractivity contribution >= 4 is 32.3 Å². The SMILES string of the molecule is C[Si](C)(C)C#CC#CCN(CC#CC#C[Si](C)(C)C)Cc1ccccc1.C[Si](C)(C)C#Cc1c(CO)c(CO)c(C#C[Si](C)(C)C)c2c1CN(Cc1ccccc1)C2.OCC#CCO. The van der Waals surface area contributed by atoms with Crippen molar-refractivity contribution in [2.45, 2.75) is 118 Å². The molecule has 64 heavy (non-hydrogen) atoms. The highest BCUT2D eigenvalue weighted by Gasteiger charge is 2.29. The summed E-state index contributed by atoms with van der Waals surface area (Å²) in [5.41, 5.74) is 21.7. The van der Waals surface area contributed by atoms with Crippen LogP contribution in [0.4, 0.5) is 0 Å². The number of hydrogen-bond donors (Lipinski definition) is 4. The summed E-state index contributed by atoms with van der Waals surface area (Å²) < 4.78 is 0. The first-order valence-electron chi connectivity index (χ1n) is 21.8. The smallest absolute Gasteiger partial charge is 0.130 e. The summed E-state index contributed by atoms with van der Waals surface area (Å²) in [6.07, 6.45) is 0. The van der Waals surface area contributed by atoms with E-state index in [1.165, 1.54) is 22.3 Å². The topological polar surface area (TPSA) is 87.4 Å². The first-order chi connectivity index (χ1) is 30.1. The van der Waals surface area contributed by atoms with E-state index in [0.717, 1.165) is 48.4 Å². The highest BCUT2D eigenvalue weighted by atomic mass is 28.3. The van der Waals surface area contributed by atoms with Crippen LogP contribution in [0.1, 0.15) is 44.5 Å². The van der Waals surface area contributed by atoms with E-state index in [9.17, 15) is 10.2 Å². The Morgan fingerprint density at radius 3 is 1.20 bits per heavy atom. The maximum atomic E-state index is 10.3. The van der Waals surface area contributed by atoms with Crippen LogP contribution in [0.5, 0.6) is 0 Å². The summed E-state index contributed by atoms with van der Waals surface area (Å²) in [5, 5.41) is 36.5. The Labute approximate surface area is 391 Å². The number of nitrogens with zero attached hydrogens (tertiary/aromatic N) is 2. The van der Waals surface area contributed by atoms with Crippen LogP contribution in [0.15, 0.2) is 60.7 Å². The molecule has 336 valence electrons. The van der Waals surface area contributed by atoms with Gasteiger partial charge in [0.25, 0.3) is 0 Å². The number of benzene rings is 3. The molecule has 1 heterocycles. The number of rotatable bonds is 8. The van der Waals surface area contributed by atoms with Crippen LogP contribution in [-0.2, 0) is 39.4 Å². The molecule has 0 unspecified atom stereocenters. The number of fused-ring (bicyclic) bond motifs is 1. The van der Waals surface area contributed by atoms with Gasteiger partial charge in [0.05, 0.1) is 26.3 Å². The Bertz CT molecular complexity index is 2300. The van der Waals surface area contributed by atoms with Gasteiger partial charge in [-0.15, -0.1) is 22.2 Å². The van der Waals surface area contributed by atoms with Crippen LogP contribution in [0.3, 0.4) is 0 Å². The van der Waals surface area contributed by atoms with E-state index < -0.39 is 32.3 Å². The standard InChI is InChI=1S/C27H35NO2Si2.C23H29NSi2.C4H6O2/c1-31(2,3)14-12-22-24-17-28(16-21-10-8-7-9-11-21)18-25(24)23(13-15-32(4,5)6)27(20-30)26(22)19-29;1-25(2,3)20-14-8-12-18-24(22-23-16-10-7-11-17-23)19-13-9-15-21-26(4,5)6;5-3-1-2-4-6/h7-11,29-30H,16-20H2,1-6H3;7,10-11,16-17H,18-19,22H2,1-6H3;5-6H,3-4H2. The van der Waals surface area contributed by atoms with Gasteiger partial charge in [-0.25, -0.2) is 0 Å². The largest absolute Gasteiger partial charge is 0.392 e. The number of hydrogen-bond acceptors (Lipinski definition) is 6. The molecular weight excluding hydrogens is 853 g/mol. The lowest BCUT2D eigenvalue weighted by Crippen LogP contribution is -2.24. The Hall–Kier alpha value is -4.79. The molecule has 0 radical (unpaired) electrons. The highest BCUT2D eigenvalue weighted by Crippen LogP contribution is 2.35. The molecule has 4 N–H and O–H groups in total. The van der Waals surface area contributed by atoms with E-state index in [2.05, 4.69) is 218 Å². The van der Waals surface area contributed by atoms with Crippen LogP contribution in [-0.4, -0.2) is 88.8 Å². The van der Waals surface area contributed by atoms with Crippen molar-refractivity contribution in [2.75, 3.05) is 26.3 Å². The van der Waals surface area contributed by atoms with Gasteiger partial charge in [0.2, 0.25) is 0 Å². The predicted octanol–water partition coefficient (Wildman–Crippen LogP) is 7.88. The normalized spacial score (nSPS) is 11.6. The first kappa shape index (κ1) is 55.3. The maximum Gasteiger partial charge on any atom is 0.130 e. The molecule has 0 aromatic heterocycles. The van der Waals surface area contributed by atoms with Gasteiger partial charge in [0.15, 0.2) is 0 Å². The van der Waals surface area contributed by atoms with Crippen LogP contribution in [0.2, 0.25) is 78.6 Å². The van der Waals surface area contributed by atoms with Gasteiger partial charge in [-0.05, 0) is 45.9 Å². The molecule has 0 fully saturated rings. The second-order valence-electron chi connectivity index (χ2n) is 19.5. The zero-order valence-electron chi connectivity index (χ0n) is 40.5. The average Bonchev–Trinajstić information content (AvgIpc) is 3.63. The average molecular weight is 924 g/mol. The van der Waals surface area contributed by atoms with Crippen molar-refractivity contribution in [1.29, 1.82) is 0 Å². The maximum absolute atomic E-state index is 10.3. The molecule has 10 heteroatoms. The quantitative estimate of drug-likeness (QED) is 0.136. The third kappa shape index (κ3) is 23.2. The van der Waals surface area contributed by atoms with Crippen molar-refractivity contribution in [3.8, 4) is 81.4 Å². The van der Waals surface area contributed by atoms with E-state index in [1.54, 1.807) is 0 Å². The molecule has 1 aliphatic rings. The molecule has 6 nitrogen and oxygen atoms in total. The molecule has 3 aromatic carbocycles. The zero-order chi connectivity index (χ0) is 47.8. The Kier molecular flexibility index (Phi) is 23.8. The van der Waals surface area contributed by atoms with Crippen LogP contribution in [0, 0.1) is 81.4 Å². The van der Waals surface area contributed by atoms with E-state index in [1.807, 2.05) is 12.1 Å². The monoisotopic (exact) mass is 922 g/mol. The van der Waals surface area contributed by atoms with E-state index in [-0.39, 0.29) is 26.4 Å². The third-order valence-corrected chi connectivity index (χ3v) is 12.2. The van der Waals surface area contributed by atoms with Gasteiger partial charge in [-0.2, -0.15) is 0 Å². The lowest BCUT2D eigenvalue weighted by Gasteiger charge is -2.17. The van der Waals surface area contributed by atoms with Crippen molar-refractivity contribution in [1.82, 2.24) is 9.80 Å². The summed E-state index contributed by atoms with van der Waals surface area (Å²) in [6, 6.07) is 20.9. The lowest BCUT2D eigenvalue weighted by atomic mass is 9.88. The molecule has 0 bridgehead atoms. The second-order valence-corrected chi connectivity index (χ2v) is 38.5. The molecule has 0 saturated heterocycles. The van der Waals surface area contributed by atoms with E-state index in [4.69, 9.17) is 10.2 Å². The first-order valence-corrected chi connectivity index (χ1v) is 35.8. The van der Waals surface area contributed by atoms with Gasteiger partial charge >= 0.3 is 0 Å². The summed E-state index contributed by atoms with van der Waals surface area (Å²) in [6.45, 7) is 30.6. The summed E-state index contributed by atoms with van der Waals surface area (Å²) in [7, 11) is -5.92. The van der Waals surface area contributed by atoms with Gasteiger partial charge in [-0.1, -0.05) is 175 Å².